The molecule has 4 nitrogen and oxygen atoms in total. The zero-order valence-electron chi connectivity index (χ0n) is 16.5. The predicted molar refractivity (Wildman–Crippen MR) is 128 cm³/mol. The Kier molecular flexibility index (Phi) is 6.33. The van der Waals surface area contributed by atoms with Crippen molar-refractivity contribution in [2.45, 2.75) is 6.92 Å². The van der Waals surface area contributed by atoms with E-state index in [1.807, 2.05) is 55.5 Å². The van der Waals surface area contributed by atoms with Crippen LogP contribution in [0.1, 0.15) is 17.3 Å². The lowest BCUT2D eigenvalue weighted by molar-refractivity contribution is 0.102. The van der Waals surface area contributed by atoms with Gasteiger partial charge in [0.05, 0.1) is 44.1 Å². The van der Waals surface area contributed by atoms with Gasteiger partial charge in [0.15, 0.2) is 0 Å². The van der Waals surface area contributed by atoms with Crippen LogP contribution < -0.4 is 10.1 Å². The summed E-state index contributed by atoms with van der Waals surface area (Å²) < 4.78 is 5.51. The minimum Gasteiger partial charge on any atom is -0.494 e. The highest BCUT2D eigenvalue weighted by Gasteiger charge is 2.16. The van der Waals surface area contributed by atoms with Crippen molar-refractivity contribution < 1.29 is 9.53 Å². The van der Waals surface area contributed by atoms with Gasteiger partial charge >= 0.3 is 0 Å². The summed E-state index contributed by atoms with van der Waals surface area (Å²) in [6, 6.07) is 19.9. The van der Waals surface area contributed by atoms with E-state index in [0.717, 1.165) is 16.7 Å². The predicted octanol–water partition coefficient (Wildman–Crippen LogP) is 7.51. The molecule has 0 saturated carbocycles. The second kappa shape index (κ2) is 9.15. The zero-order chi connectivity index (χ0) is 22.0. The summed E-state index contributed by atoms with van der Waals surface area (Å²) in [5, 5.41) is 4.47. The number of carbonyl (C=O) groups is 1. The molecule has 0 bridgehead atoms. The molecule has 4 aromatic rings. The van der Waals surface area contributed by atoms with Crippen LogP contribution in [0.25, 0.3) is 22.2 Å². The molecule has 1 amide bonds. The van der Waals surface area contributed by atoms with E-state index in [-0.39, 0.29) is 5.91 Å². The molecule has 0 aliphatic carbocycles. The fourth-order valence-corrected chi connectivity index (χ4v) is 3.80. The minimum absolute atomic E-state index is 0.299. The number of amides is 1. The van der Waals surface area contributed by atoms with Gasteiger partial charge in [-0.1, -0.05) is 53.0 Å². The Morgan fingerprint density at radius 3 is 2.39 bits per heavy atom. The summed E-state index contributed by atoms with van der Waals surface area (Å²) in [7, 11) is 0. The monoisotopic (exact) mass is 470 g/mol. The first-order chi connectivity index (χ1) is 15.0. The molecule has 0 spiro atoms. The van der Waals surface area contributed by atoms with Crippen molar-refractivity contribution in [3.8, 4) is 17.0 Å². The van der Waals surface area contributed by atoms with Gasteiger partial charge in [0, 0.05) is 10.9 Å². The molecular formula is C24H17Cl3N2O2. The molecule has 0 saturated heterocycles. The van der Waals surface area contributed by atoms with Crippen molar-refractivity contribution in [1.29, 1.82) is 0 Å². The zero-order valence-corrected chi connectivity index (χ0v) is 18.7. The third-order valence-electron chi connectivity index (χ3n) is 4.68. The number of ether oxygens (including phenoxy) is 1. The highest BCUT2D eigenvalue weighted by Crippen LogP contribution is 2.33. The number of pyridine rings is 1. The second-order valence-corrected chi connectivity index (χ2v) is 7.95. The molecule has 0 aliphatic rings. The van der Waals surface area contributed by atoms with Gasteiger partial charge < -0.3 is 10.1 Å². The van der Waals surface area contributed by atoms with E-state index < -0.39 is 0 Å². The van der Waals surface area contributed by atoms with Gasteiger partial charge in [0.25, 0.3) is 5.91 Å². The molecule has 1 N–H and O–H groups in total. The van der Waals surface area contributed by atoms with Crippen LogP contribution in [0.3, 0.4) is 0 Å². The molecule has 3 aromatic carbocycles. The first kappa shape index (κ1) is 21.4. The Morgan fingerprint density at radius 1 is 0.935 bits per heavy atom. The molecule has 156 valence electrons. The Balaban J connectivity index is 1.76. The van der Waals surface area contributed by atoms with Crippen LogP contribution in [-0.4, -0.2) is 17.5 Å². The third kappa shape index (κ3) is 4.62. The molecule has 0 aliphatic heterocycles. The normalized spacial score (nSPS) is 10.8. The van der Waals surface area contributed by atoms with Crippen LogP contribution in [0.15, 0.2) is 66.7 Å². The average Bonchev–Trinajstić information content (AvgIpc) is 2.77. The molecule has 1 aromatic heterocycles. The quantitative estimate of drug-likeness (QED) is 0.306. The molecule has 0 unspecified atom stereocenters. The van der Waals surface area contributed by atoms with Crippen molar-refractivity contribution in [3.63, 3.8) is 0 Å². The number of halogens is 3. The van der Waals surface area contributed by atoms with Crippen molar-refractivity contribution >= 4 is 57.3 Å². The number of hydrogen-bond acceptors (Lipinski definition) is 3. The van der Waals surface area contributed by atoms with E-state index in [1.165, 1.54) is 12.1 Å². The first-order valence-electron chi connectivity index (χ1n) is 9.55. The lowest BCUT2D eigenvalue weighted by atomic mass is 10.0. The van der Waals surface area contributed by atoms with Gasteiger partial charge in [0.2, 0.25) is 0 Å². The lowest BCUT2D eigenvalue weighted by Crippen LogP contribution is -2.13. The molecule has 0 atom stereocenters. The number of rotatable bonds is 5. The van der Waals surface area contributed by atoms with E-state index >= 15 is 0 Å². The number of anilines is 1. The van der Waals surface area contributed by atoms with E-state index in [0.29, 0.717) is 44.1 Å². The van der Waals surface area contributed by atoms with Crippen LogP contribution in [0, 0.1) is 0 Å². The molecule has 31 heavy (non-hydrogen) atoms. The molecule has 0 radical (unpaired) electrons. The number of carbonyl (C=O) groups excluding carboxylic acids is 1. The molecule has 0 fully saturated rings. The van der Waals surface area contributed by atoms with Crippen molar-refractivity contribution in [1.82, 2.24) is 4.98 Å². The van der Waals surface area contributed by atoms with Crippen molar-refractivity contribution in [2.24, 2.45) is 0 Å². The van der Waals surface area contributed by atoms with Crippen LogP contribution in [-0.2, 0) is 0 Å². The van der Waals surface area contributed by atoms with Crippen LogP contribution in [0.5, 0.6) is 5.75 Å². The maximum Gasteiger partial charge on any atom is 0.256 e. The van der Waals surface area contributed by atoms with Crippen molar-refractivity contribution in [3.05, 3.63) is 87.4 Å². The number of benzene rings is 3. The van der Waals surface area contributed by atoms with Gasteiger partial charge in [-0.25, -0.2) is 4.98 Å². The minimum atomic E-state index is -0.328. The van der Waals surface area contributed by atoms with Gasteiger partial charge in [-0.15, -0.1) is 0 Å². The summed E-state index contributed by atoms with van der Waals surface area (Å²) >= 11 is 18.3. The maximum absolute atomic E-state index is 13.2. The van der Waals surface area contributed by atoms with E-state index in [2.05, 4.69) is 5.32 Å². The smallest absolute Gasteiger partial charge is 0.256 e. The van der Waals surface area contributed by atoms with E-state index in [9.17, 15) is 4.79 Å². The third-order valence-corrected chi connectivity index (χ3v) is 5.71. The first-order valence-corrected chi connectivity index (χ1v) is 10.7. The average molecular weight is 472 g/mol. The van der Waals surface area contributed by atoms with E-state index in [1.54, 1.807) is 6.07 Å². The van der Waals surface area contributed by atoms with Gasteiger partial charge in [-0.05, 0) is 55.5 Å². The number of para-hydroxylation sites is 1. The topological polar surface area (TPSA) is 51.2 Å². The Bertz CT molecular complexity index is 1270. The molecular weight excluding hydrogens is 455 g/mol. The lowest BCUT2D eigenvalue weighted by Gasteiger charge is -2.12. The van der Waals surface area contributed by atoms with Crippen molar-refractivity contribution in [2.75, 3.05) is 11.9 Å². The summed E-state index contributed by atoms with van der Waals surface area (Å²) in [5.74, 6) is 0.449. The highest BCUT2D eigenvalue weighted by atomic mass is 35.5. The van der Waals surface area contributed by atoms with Crippen LogP contribution in [0.4, 0.5) is 5.69 Å². The number of aromatic nitrogens is 1. The summed E-state index contributed by atoms with van der Waals surface area (Å²) in [6.07, 6.45) is 0. The SMILES string of the molecule is CCOc1ccc(-c2cc(C(=O)Nc3cc(Cl)c(Cl)cc3Cl)c3ccccc3n2)cc1. The fraction of sp³-hybridized carbons (Fsp3) is 0.0833. The van der Waals surface area contributed by atoms with Crippen LogP contribution in [0.2, 0.25) is 15.1 Å². The molecule has 1 heterocycles. The number of nitrogens with one attached hydrogen (secondary N) is 1. The Hall–Kier alpha value is -2.79. The standard InChI is InChI=1S/C24H17Cl3N2O2/c1-2-31-15-9-7-14(8-10-15)22-11-17(16-5-3-4-6-21(16)28-22)24(30)29-23-13-19(26)18(25)12-20(23)27/h3-13H,2H2,1H3,(H,29,30). The number of nitrogens with zero attached hydrogens (tertiary/aromatic N) is 1. The van der Waals surface area contributed by atoms with Gasteiger partial charge in [-0.2, -0.15) is 0 Å². The second-order valence-electron chi connectivity index (χ2n) is 6.73. The number of hydrogen-bond donors (Lipinski definition) is 1. The number of fused-ring (bicyclic) bond motifs is 1. The van der Waals surface area contributed by atoms with E-state index in [4.69, 9.17) is 44.5 Å². The summed E-state index contributed by atoms with van der Waals surface area (Å²) in [5.41, 5.74) is 3.10. The highest BCUT2D eigenvalue weighted by molar-refractivity contribution is 6.44. The van der Waals surface area contributed by atoms with Crippen LogP contribution >= 0.6 is 34.8 Å². The fourth-order valence-electron chi connectivity index (χ4n) is 3.21. The Morgan fingerprint density at radius 2 is 1.65 bits per heavy atom. The molecule has 7 heteroatoms. The summed E-state index contributed by atoms with van der Waals surface area (Å²) in [4.78, 5) is 17.9. The summed E-state index contributed by atoms with van der Waals surface area (Å²) in [6.45, 7) is 2.53. The molecule has 4 rings (SSSR count). The maximum atomic E-state index is 13.2. The van der Waals surface area contributed by atoms with Gasteiger partial charge in [-0.3, -0.25) is 4.79 Å². The Labute approximate surface area is 194 Å². The largest absolute Gasteiger partial charge is 0.494 e. The van der Waals surface area contributed by atoms with Gasteiger partial charge in [0.1, 0.15) is 5.75 Å².